The molecule has 0 saturated heterocycles. The van der Waals surface area contributed by atoms with Gasteiger partial charge >= 0.3 is 0 Å². The molecule has 27 heavy (non-hydrogen) atoms. The van der Waals surface area contributed by atoms with Crippen LogP contribution in [0.15, 0.2) is 60.8 Å². The minimum absolute atomic E-state index is 0.0251. The summed E-state index contributed by atoms with van der Waals surface area (Å²) >= 11 is 0. The van der Waals surface area contributed by atoms with Gasteiger partial charge in [0, 0.05) is 13.6 Å². The van der Waals surface area contributed by atoms with Crippen LogP contribution < -0.4 is 4.74 Å². The lowest BCUT2D eigenvalue weighted by atomic mass is 10.1. The van der Waals surface area contributed by atoms with Crippen LogP contribution in [0.25, 0.3) is 5.69 Å². The lowest BCUT2D eigenvalue weighted by Gasteiger charge is -2.18. The maximum absolute atomic E-state index is 13.0. The van der Waals surface area contributed by atoms with Crippen LogP contribution in [0, 0.1) is 0 Å². The molecule has 0 spiro atoms. The molecule has 0 saturated carbocycles. The van der Waals surface area contributed by atoms with Crippen LogP contribution >= 0.6 is 0 Å². The third kappa shape index (κ3) is 4.19. The Hall–Kier alpha value is -3.08. The zero-order valence-electron chi connectivity index (χ0n) is 16.1. The van der Waals surface area contributed by atoms with Crippen LogP contribution in [-0.4, -0.2) is 34.2 Å². The summed E-state index contributed by atoms with van der Waals surface area (Å²) in [5.74, 6) is 0.815. The molecule has 0 bridgehead atoms. The van der Waals surface area contributed by atoms with Gasteiger partial charge in [0.05, 0.1) is 29.7 Å². The molecule has 0 atom stereocenters. The van der Waals surface area contributed by atoms with E-state index >= 15 is 0 Å². The Morgan fingerprint density at radius 1 is 1.07 bits per heavy atom. The van der Waals surface area contributed by atoms with Gasteiger partial charge in [-0.05, 0) is 43.2 Å². The Morgan fingerprint density at radius 3 is 2.41 bits per heavy atom. The molecule has 0 radical (unpaired) electrons. The zero-order chi connectivity index (χ0) is 19.2. The standard InChI is InChI=1S/C22H25N3O2/c1-4-21-20(15-23-25(21)18-9-7-6-8-10-18)22(26)24(3)16-17-11-13-19(14-12-17)27-5-2/h6-15H,4-5,16H2,1-3H3. The third-order valence-corrected chi connectivity index (χ3v) is 4.44. The summed E-state index contributed by atoms with van der Waals surface area (Å²) < 4.78 is 7.31. The molecule has 5 nitrogen and oxygen atoms in total. The minimum atomic E-state index is -0.0251. The highest BCUT2D eigenvalue weighted by Crippen LogP contribution is 2.19. The normalized spacial score (nSPS) is 10.6. The van der Waals surface area contributed by atoms with Gasteiger partial charge in [-0.1, -0.05) is 37.3 Å². The smallest absolute Gasteiger partial charge is 0.257 e. The summed E-state index contributed by atoms with van der Waals surface area (Å²) in [6.07, 6.45) is 2.40. The molecule has 3 rings (SSSR count). The van der Waals surface area contributed by atoms with Gasteiger partial charge in [-0.3, -0.25) is 4.79 Å². The number of aromatic nitrogens is 2. The predicted octanol–water partition coefficient (Wildman–Crippen LogP) is 4.11. The minimum Gasteiger partial charge on any atom is -0.494 e. The molecular weight excluding hydrogens is 338 g/mol. The number of hydrogen-bond acceptors (Lipinski definition) is 3. The van der Waals surface area contributed by atoms with Crippen molar-refractivity contribution in [2.24, 2.45) is 0 Å². The number of benzene rings is 2. The van der Waals surface area contributed by atoms with Crippen LogP contribution in [-0.2, 0) is 13.0 Å². The molecule has 2 aromatic carbocycles. The van der Waals surface area contributed by atoms with E-state index in [-0.39, 0.29) is 5.91 Å². The van der Waals surface area contributed by atoms with E-state index in [1.807, 2.05) is 80.2 Å². The van der Waals surface area contributed by atoms with E-state index < -0.39 is 0 Å². The van der Waals surface area contributed by atoms with Gasteiger partial charge in [-0.15, -0.1) is 0 Å². The highest BCUT2D eigenvalue weighted by atomic mass is 16.5. The molecule has 0 aliphatic carbocycles. The molecule has 5 heteroatoms. The van der Waals surface area contributed by atoms with E-state index in [0.717, 1.165) is 29.1 Å². The van der Waals surface area contributed by atoms with Crippen molar-refractivity contribution >= 4 is 5.91 Å². The third-order valence-electron chi connectivity index (χ3n) is 4.44. The lowest BCUT2D eigenvalue weighted by Crippen LogP contribution is -2.27. The number of rotatable bonds is 7. The molecule has 3 aromatic rings. The zero-order valence-corrected chi connectivity index (χ0v) is 16.1. The van der Waals surface area contributed by atoms with Crippen molar-refractivity contribution in [2.75, 3.05) is 13.7 Å². The Morgan fingerprint density at radius 2 is 1.78 bits per heavy atom. The van der Waals surface area contributed by atoms with Crippen molar-refractivity contribution < 1.29 is 9.53 Å². The van der Waals surface area contributed by atoms with Gasteiger partial charge < -0.3 is 9.64 Å². The van der Waals surface area contributed by atoms with Crippen molar-refractivity contribution in [1.29, 1.82) is 0 Å². The molecule has 0 unspecified atom stereocenters. The van der Waals surface area contributed by atoms with Crippen molar-refractivity contribution in [3.8, 4) is 11.4 Å². The van der Waals surface area contributed by atoms with Crippen LogP contribution in [0.1, 0.15) is 35.5 Å². The summed E-state index contributed by atoms with van der Waals surface area (Å²) in [6.45, 7) is 5.18. The van der Waals surface area contributed by atoms with Crippen molar-refractivity contribution in [1.82, 2.24) is 14.7 Å². The average molecular weight is 363 g/mol. The first kappa shape index (κ1) is 18.7. The summed E-state index contributed by atoms with van der Waals surface area (Å²) in [5, 5.41) is 4.45. The predicted molar refractivity (Wildman–Crippen MR) is 106 cm³/mol. The fourth-order valence-electron chi connectivity index (χ4n) is 3.09. The summed E-state index contributed by atoms with van der Waals surface area (Å²) in [7, 11) is 1.82. The fraction of sp³-hybridized carbons (Fsp3) is 0.273. The molecule has 140 valence electrons. The fourth-order valence-corrected chi connectivity index (χ4v) is 3.09. The second kappa shape index (κ2) is 8.54. The number of ether oxygens (including phenoxy) is 1. The van der Waals surface area contributed by atoms with Gasteiger partial charge in [-0.25, -0.2) is 4.68 Å². The largest absolute Gasteiger partial charge is 0.494 e. The van der Waals surface area contributed by atoms with E-state index in [4.69, 9.17) is 4.74 Å². The SMILES string of the molecule is CCOc1ccc(CN(C)C(=O)c2cnn(-c3ccccc3)c2CC)cc1. The molecular formula is C22H25N3O2. The average Bonchev–Trinajstić information content (AvgIpc) is 3.13. The van der Waals surface area contributed by atoms with Crippen LogP contribution in [0.3, 0.4) is 0 Å². The summed E-state index contributed by atoms with van der Waals surface area (Å²) in [6, 6.07) is 17.7. The van der Waals surface area contributed by atoms with Gasteiger partial charge in [0.15, 0.2) is 0 Å². The van der Waals surface area contributed by atoms with E-state index in [9.17, 15) is 4.79 Å². The maximum Gasteiger partial charge on any atom is 0.257 e. The van der Waals surface area contributed by atoms with Crippen LogP contribution in [0.2, 0.25) is 0 Å². The Labute approximate surface area is 160 Å². The lowest BCUT2D eigenvalue weighted by molar-refractivity contribution is 0.0784. The van der Waals surface area contributed by atoms with Gasteiger partial charge in [0.2, 0.25) is 0 Å². The second-order valence-electron chi connectivity index (χ2n) is 6.34. The number of para-hydroxylation sites is 1. The van der Waals surface area contributed by atoms with E-state index in [2.05, 4.69) is 5.10 Å². The topological polar surface area (TPSA) is 47.4 Å². The summed E-state index contributed by atoms with van der Waals surface area (Å²) in [5.41, 5.74) is 3.59. The van der Waals surface area contributed by atoms with Gasteiger partial charge in [0.25, 0.3) is 5.91 Å². The number of hydrogen-bond donors (Lipinski definition) is 0. The molecule has 0 aliphatic rings. The Kier molecular flexibility index (Phi) is 5.91. The first-order valence-corrected chi connectivity index (χ1v) is 9.23. The number of carbonyl (C=O) groups excluding carboxylic acids is 1. The number of carbonyl (C=O) groups is 1. The number of amides is 1. The van der Waals surface area contributed by atoms with Gasteiger partial charge in [0.1, 0.15) is 5.75 Å². The second-order valence-corrected chi connectivity index (χ2v) is 6.34. The maximum atomic E-state index is 13.0. The van der Waals surface area contributed by atoms with E-state index in [1.165, 1.54) is 0 Å². The Bertz CT molecular complexity index is 886. The molecule has 0 aliphatic heterocycles. The molecule has 1 aromatic heterocycles. The molecule has 0 fully saturated rings. The molecule has 1 amide bonds. The highest BCUT2D eigenvalue weighted by Gasteiger charge is 2.20. The monoisotopic (exact) mass is 363 g/mol. The van der Waals surface area contributed by atoms with Crippen molar-refractivity contribution in [3.63, 3.8) is 0 Å². The van der Waals surface area contributed by atoms with Crippen molar-refractivity contribution in [3.05, 3.63) is 77.6 Å². The van der Waals surface area contributed by atoms with Crippen LogP contribution in [0.4, 0.5) is 0 Å². The van der Waals surface area contributed by atoms with Crippen LogP contribution in [0.5, 0.6) is 5.75 Å². The molecule has 1 heterocycles. The quantitative estimate of drug-likeness (QED) is 0.635. The van der Waals surface area contributed by atoms with Crippen molar-refractivity contribution in [2.45, 2.75) is 26.8 Å². The number of nitrogens with zero attached hydrogens (tertiary/aromatic N) is 3. The van der Waals surface area contributed by atoms with E-state index in [0.29, 0.717) is 18.7 Å². The summed E-state index contributed by atoms with van der Waals surface area (Å²) in [4.78, 5) is 14.7. The Balaban J connectivity index is 1.78. The first-order valence-electron chi connectivity index (χ1n) is 9.23. The van der Waals surface area contributed by atoms with E-state index in [1.54, 1.807) is 11.1 Å². The highest BCUT2D eigenvalue weighted by molar-refractivity contribution is 5.95. The molecule has 0 N–H and O–H groups in total. The first-order chi connectivity index (χ1) is 13.1. The van der Waals surface area contributed by atoms with Gasteiger partial charge in [-0.2, -0.15) is 5.10 Å².